The fourth-order valence-corrected chi connectivity index (χ4v) is 4.55. The van der Waals surface area contributed by atoms with Gasteiger partial charge in [0, 0.05) is 12.8 Å². The smallest absolute Gasteiger partial charge is 0.322 e. The molecule has 0 radical (unpaired) electrons. The van der Waals surface area contributed by atoms with Crippen molar-refractivity contribution in [3.05, 3.63) is 12.2 Å². The van der Waals surface area contributed by atoms with Crippen molar-refractivity contribution in [2.75, 3.05) is 6.54 Å². The molecular formula is C32H59NO5. The first kappa shape index (κ1) is 36.1. The van der Waals surface area contributed by atoms with Crippen LogP contribution in [0.2, 0.25) is 0 Å². The Kier molecular flexibility index (Phi) is 26.8. The average molecular weight is 538 g/mol. The SMILES string of the molecule is CCCC/C=C\CCCCCCCC(=O)OC(CCCCCCCC)CCCCCCC(=O)NCC(=O)O. The van der Waals surface area contributed by atoms with Crippen LogP contribution < -0.4 is 5.32 Å². The molecule has 0 spiro atoms. The summed E-state index contributed by atoms with van der Waals surface area (Å²) in [5, 5.41) is 11.0. The van der Waals surface area contributed by atoms with Crippen LogP contribution in [-0.2, 0) is 19.1 Å². The normalized spacial score (nSPS) is 12.1. The van der Waals surface area contributed by atoms with Crippen LogP contribution in [0.4, 0.5) is 0 Å². The zero-order valence-corrected chi connectivity index (χ0v) is 24.8. The van der Waals surface area contributed by atoms with E-state index in [1.165, 1.54) is 77.0 Å². The lowest BCUT2D eigenvalue weighted by Crippen LogP contribution is -2.28. The Morgan fingerprint density at radius 3 is 1.76 bits per heavy atom. The van der Waals surface area contributed by atoms with E-state index in [1.54, 1.807) is 0 Å². The molecule has 0 saturated heterocycles. The standard InChI is InChI=1S/C32H59NO5/c1-3-5-7-9-11-12-13-14-15-17-23-27-32(37)38-29(24-20-16-10-8-6-4-2)25-21-18-19-22-26-30(34)33-28-31(35)36/h9,11,29H,3-8,10,12-28H2,1-2H3,(H,33,34)(H,35,36)/b11-9-. The topological polar surface area (TPSA) is 92.7 Å². The Morgan fingerprint density at radius 2 is 1.16 bits per heavy atom. The van der Waals surface area contributed by atoms with Gasteiger partial charge < -0.3 is 15.2 Å². The highest BCUT2D eigenvalue weighted by atomic mass is 16.5. The molecule has 6 nitrogen and oxygen atoms in total. The molecule has 0 aromatic heterocycles. The van der Waals surface area contributed by atoms with E-state index in [0.717, 1.165) is 57.8 Å². The third-order valence-electron chi connectivity index (χ3n) is 6.94. The van der Waals surface area contributed by atoms with Crippen LogP contribution in [-0.4, -0.2) is 35.6 Å². The van der Waals surface area contributed by atoms with Gasteiger partial charge in [0.15, 0.2) is 0 Å². The Balaban J connectivity index is 4.09. The van der Waals surface area contributed by atoms with Gasteiger partial charge in [-0.1, -0.05) is 103 Å². The third kappa shape index (κ3) is 27.2. The largest absolute Gasteiger partial charge is 0.480 e. The number of esters is 1. The summed E-state index contributed by atoms with van der Waals surface area (Å²) in [5.74, 6) is -1.28. The van der Waals surface area contributed by atoms with Crippen molar-refractivity contribution in [1.82, 2.24) is 5.32 Å². The van der Waals surface area contributed by atoms with Crippen molar-refractivity contribution in [2.24, 2.45) is 0 Å². The Hall–Kier alpha value is -1.85. The minimum atomic E-state index is -1.02. The monoisotopic (exact) mass is 537 g/mol. The maximum absolute atomic E-state index is 12.5. The highest BCUT2D eigenvalue weighted by Gasteiger charge is 2.14. The van der Waals surface area contributed by atoms with Crippen LogP contribution in [0.1, 0.15) is 162 Å². The number of carboxylic acids is 1. The highest BCUT2D eigenvalue weighted by molar-refractivity contribution is 5.80. The zero-order valence-electron chi connectivity index (χ0n) is 24.8. The second-order valence-electron chi connectivity index (χ2n) is 10.7. The molecular weight excluding hydrogens is 478 g/mol. The second kappa shape index (κ2) is 28.2. The Morgan fingerprint density at radius 1 is 0.658 bits per heavy atom. The van der Waals surface area contributed by atoms with E-state index in [9.17, 15) is 14.4 Å². The van der Waals surface area contributed by atoms with E-state index in [-0.39, 0.29) is 24.5 Å². The summed E-state index contributed by atoms with van der Waals surface area (Å²) in [6.07, 6.45) is 29.0. The Bertz CT molecular complexity index is 605. The molecule has 38 heavy (non-hydrogen) atoms. The predicted molar refractivity (Wildman–Crippen MR) is 157 cm³/mol. The average Bonchev–Trinajstić information content (AvgIpc) is 2.89. The quantitative estimate of drug-likeness (QED) is 0.0591. The number of hydrogen-bond acceptors (Lipinski definition) is 4. The van der Waals surface area contributed by atoms with Crippen LogP contribution in [0.15, 0.2) is 12.2 Å². The number of aliphatic carboxylic acids is 1. The lowest BCUT2D eigenvalue weighted by Gasteiger charge is -2.18. The number of ether oxygens (including phenoxy) is 1. The summed E-state index contributed by atoms with van der Waals surface area (Å²) in [6.45, 7) is 4.13. The van der Waals surface area contributed by atoms with E-state index in [4.69, 9.17) is 9.84 Å². The van der Waals surface area contributed by atoms with Crippen LogP contribution in [0, 0.1) is 0 Å². The van der Waals surface area contributed by atoms with Gasteiger partial charge in [0.05, 0.1) is 0 Å². The number of unbranched alkanes of at least 4 members (excludes halogenated alkanes) is 15. The molecule has 0 bridgehead atoms. The molecule has 1 amide bonds. The van der Waals surface area contributed by atoms with Gasteiger partial charge >= 0.3 is 11.9 Å². The number of rotatable bonds is 28. The van der Waals surface area contributed by atoms with Crippen molar-refractivity contribution in [3.63, 3.8) is 0 Å². The van der Waals surface area contributed by atoms with Crippen molar-refractivity contribution in [1.29, 1.82) is 0 Å². The molecule has 0 aliphatic rings. The van der Waals surface area contributed by atoms with E-state index < -0.39 is 5.97 Å². The summed E-state index contributed by atoms with van der Waals surface area (Å²) in [7, 11) is 0. The lowest BCUT2D eigenvalue weighted by molar-refractivity contribution is -0.150. The van der Waals surface area contributed by atoms with Gasteiger partial charge in [0.2, 0.25) is 5.91 Å². The lowest BCUT2D eigenvalue weighted by atomic mass is 10.0. The second-order valence-corrected chi connectivity index (χ2v) is 10.7. The van der Waals surface area contributed by atoms with Crippen molar-refractivity contribution in [3.8, 4) is 0 Å². The van der Waals surface area contributed by atoms with Gasteiger partial charge in [-0.3, -0.25) is 14.4 Å². The summed E-state index contributed by atoms with van der Waals surface area (Å²) in [6, 6.07) is 0. The van der Waals surface area contributed by atoms with E-state index in [2.05, 4.69) is 31.3 Å². The number of allylic oxidation sites excluding steroid dienone is 2. The van der Waals surface area contributed by atoms with Gasteiger partial charge in [-0.2, -0.15) is 0 Å². The van der Waals surface area contributed by atoms with Crippen LogP contribution in [0.3, 0.4) is 0 Å². The highest BCUT2D eigenvalue weighted by Crippen LogP contribution is 2.18. The fraction of sp³-hybridized carbons (Fsp3) is 0.844. The minimum absolute atomic E-state index is 0.00651. The molecule has 0 saturated carbocycles. The minimum Gasteiger partial charge on any atom is -0.480 e. The van der Waals surface area contributed by atoms with Crippen molar-refractivity contribution >= 4 is 17.8 Å². The first-order chi connectivity index (χ1) is 18.5. The van der Waals surface area contributed by atoms with E-state index in [0.29, 0.717) is 12.8 Å². The molecule has 0 aromatic carbocycles. The predicted octanol–water partition coefficient (Wildman–Crippen LogP) is 8.67. The molecule has 0 rings (SSSR count). The van der Waals surface area contributed by atoms with Gasteiger partial charge in [0.1, 0.15) is 12.6 Å². The molecule has 0 fully saturated rings. The Labute approximate surface area is 233 Å². The van der Waals surface area contributed by atoms with Crippen molar-refractivity contribution in [2.45, 2.75) is 168 Å². The molecule has 1 atom stereocenters. The number of amides is 1. The third-order valence-corrected chi connectivity index (χ3v) is 6.94. The van der Waals surface area contributed by atoms with Crippen LogP contribution in [0.5, 0.6) is 0 Å². The number of carbonyl (C=O) groups is 3. The number of carbonyl (C=O) groups excluding carboxylic acids is 2. The summed E-state index contributed by atoms with van der Waals surface area (Å²) < 4.78 is 5.90. The molecule has 1 unspecified atom stereocenters. The van der Waals surface area contributed by atoms with Gasteiger partial charge in [0.25, 0.3) is 0 Å². The number of nitrogens with one attached hydrogen (secondary N) is 1. The molecule has 6 heteroatoms. The summed E-state index contributed by atoms with van der Waals surface area (Å²) >= 11 is 0. The molecule has 0 aliphatic heterocycles. The maximum atomic E-state index is 12.5. The zero-order chi connectivity index (χ0) is 28.1. The summed E-state index contributed by atoms with van der Waals surface area (Å²) in [5.41, 5.74) is 0. The number of hydrogen-bond donors (Lipinski definition) is 2. The van der Waals surface area contributed by atoms with Crippen LogP contribution in [0.25, 0.3) is 0 Å². The van der Waals surface area contributed by atoms with Gasteiger partial charge in [-0.25, -0.2) is 0 Å². The van der Waals surface area contributed by atoms with E-state index in [1.807, 2.05) is 0 Å². The molecule has 222 valence electrons. The van der Waals surface area contributed by atoms with E-state index >= 15 is 0 Å². The van der Waals surface area contributed by atoms with Gasteiger partial charge in [-0.05, 0) is 57.8 Å². The number of carboxylic acid groups (broad SMARTS) is 1. The fourth-order valence-electron chi connectivity index (χ4n) is 4.55. The first-order valence-electron chi connectivity index (χ1n) is 15.8. The van der Waals surface area contributed by atoms with Crippen molar-refractivity contribution < 1.29 is 24.2 Å². The summed E-state index contributed by atoms with van der Waals surface area (Å²) in [4.78, 5) is 34.6. The first-order valence-corrected chi connectivity index (χ1v) is 15.8. The van der Waals surface area contributed by atoms with Crippen LogP contribution >= 0.6 is 0 Å². The molecule has 0 aromatic rings. The molecule has 0 heterocycles. The van der Waals surface area contributed by atoms with Gasteiger partial charge in [-0.15, -0.1) is 0 Å². The molecule has 0 aliphatic carbocycles. The molecule has 2 N–H and O–H groups in total. The maximum Gasteiger partial charge on any atom is 0.322 e.